The molecule has 5 nitrogen and oxygen atoms in total. The van der Waals surface area contributed by atoms with Crippen molar-refractivity contribution >= 4 is 12.1 Å². The number of hydrazone groups is 1. The van der Waals surface area contributed by atoms with Crippen LogP contribution in [-0.2, 0) is 4.79 Å². The number of aromatic amines is 1. The average Bonchev–Trinajstić information content (AvgIpc) is 3.10. The van der Waals surface area contributed by atoms with Crippen LogP contribution in [0.15, 0.2) is 35.6 Å². The van der Waals surface area contributed by atoms with E-state index in [1.807, 2.05) is 12.1 Å². The van der Waals surface area contributed by atoms with Crippen LogP contribution in [0.2, 0.25) is 0 Å². The van der Waals surface area contributed by atoms with Crippen molar-refractivity contribution in [2.24, 2.45) is 22.4 Å². The predicted octanol–water partition coefficient (Wildman–Crippen LogP) is 4.69. The number of amides is 1. The molecular weight excluding hydrogens is 336 g/mol. The summed E-state index contributed by atoms with van der Waals surface area (Å²) in [5.74, 6) is 0.800. The minimum Gasteiger partial charge on any atom is -0.277 e. The highest BCUT2D eigenvalue weighted by Crippen LogP contribution is 2.39. The predicted molar refractivity (Wildman–Crippen MR) is 109 cm³/mol. The number of carbonyl (C=O) groups excluding carboxylic acids is 1. The lowest BCUT2D eigenvalue weighted by molar-refractivity contribution is -0.126. The Bertz CT molecular complexity index is 790. The van der Waals surface area contributed by atoms with E-state index in [0.29, 0.717) is 11.3 Å². The fourth-order valence-electron chi connectivity index (χ4n) is 3.82. The van der Waals surface area contributed by atoms with E-state index >= 15 is 0 Å². The lowest BCUT2D eigenvalue weighted by atomic mass is 9.70. The molecule has 1 saturated carbocycles. The van der Waals surface area contributed by atoms with Gasteiger partial charge in [0, 0.05) is 17.0 Å². The fraction of sp³-hybridized carbons (Fsp3) is 0.500. The highest BCUT2D eigenvalue weighted by molar-refractivity contribution is 5.89. The number of H-pyrrole nitrogens is 1. The Morgan fingerprint density at radius 1 is 1.19 bits per heavy atom. The van der Waals surface area contributed by atoms with Gasteiger partial charge in [-0.25, -0.2) is 5.43 Å². The van der Waals surface area contributed by atoms with Gasteiger partial charge in [-0.3, -0.25) is 9.89 Å². The lowest BCUT2D eigenvalue weighted by Crippen LogP contribution is -2.33. The van der Waals surface area contributed by atoms with Gasteiger partial charge in [-0.1, -0.05) is 50.6 Å². The van der Waals surface area contributed by atoms with Crippen LogP contribution in [0.1, 0.15) is 57.6 Å². The van der Waals surface area contributed by atoms with Gasteiger partial charge in [0.1, 0.15) is 0 Å². The van der Waals surface area contributed by atoms with Crippen LogP contribution >= 0.6 is 0 Å². The van der Waals surface area contributed by atoms with Crippen molar-refractivity contribution in [3.8, 4) is 11.3 Å². The molecule has 1 aromatic carbocycles. The molecule has 0 bridgehead atoms. The summed E-state index contributed by atoms with van der Waals surface area (Å²) in [6.07, 6.45) is 7.51. The molecule has 0 spiro atoms. The highest BCUT2D eigenvalue weighted by Gasteiger charge is 2.32. The van der Waals surface area contributed by atoms with Crippen molar-refractivity contribution in [1.82, 2.24) is 15.6 Å². The van der Waals surface area contributed by atoms with Gasteiger partial charge in [0.2, 0.25) is 5.91 Å². The Hall–Kier alpha value is -2.43. The van der Waals surface area contributed by atoms with Crippen LogP contribution in [0.25, 0.3) is 11.3 Å². The largest absolute Gasteiger partial charge is 0.277 e. The van der Waals surface area contributed by atoms with Gasteiger partial charge in [-0.05, 0) is 43.9 Å². The molecule has 1 aromatic heterocycles. The number of nitrogens with one attached hydrogen (secondary N) is 2. The summed E-state index contributed by atoms with van der Waals surface area (Å²) in [6, 6.07) is 8.22. The first-order chi connectivity index (χ1) is 12.8. The first kappa shape index (κ1) is 19.3. The smallest absolute Gasteiger partial charge is 0.243 e. The maximum Gasteiger partial charge on any atom is 0.243 e. The second kappa shape index (κ2) is 8.07. The number of aryl methyl sites for hydroxylation is 1. The molecule has 27 heavy (non-hydrogen) atoms. The summed E-state index contributed by atoms with van der Waals surface area (Å²) in [7, 11) is 0. The molecule has 3 rings (SSSR count). The minimum absolute atomic E-state index is 0.0268. The van der Waals surface area contributed by atoms with Crippen LogP contribution in [0, 0.1) is 24.2 Å². The van der Waals surface area contributed by atoms with Gasteiger partial charge in [-0.15, -0.1) is 0 Å². The molecule has 0 radical (unpaired) electrons. The molecule has 1 heterocycles. The molecule has 2 aromatic rings. The van der Waals surface area contributed by atoms with Gasteiger partial charge < -0.3 is 0 Å². The molecule has 1 fully saturated rings. The Labute approximate surface area is 161 Å². The zero-order valence-electron chi connectivity index (χ0n) is 16.7. The van der Waals surface area contributed by atoms with Gasteiger partial charge >= 0.3 is 0 Å². The third-order valence-corrected chi connectivity index (χ3v) is 5.71. The number of benzene rings is 1. The molecule has 0 aliphatic heterocycles. The number of aromatic nitrogens is 2. The SMILES string of the molecule is Cc1ccc(-c2[nH]ncc2C=NNC(=O)C2CCC(C(C)(C)C)CC2)cc1. The van der Waals surface area contributed by atoms with Crippen LogP contribution < -0.4 is 5.43 Å². The number of nitrogens with zero attached hydrogens (tertiary/aromatic N) is 2. The van der Waals surface area contributed by atoms with Gasteiger partial charge in [0.25, 0.3) is 0 Å². The van der Waals surface area contributed by atoms with Crippen molar-refractivity contribution in [1.29, 1.82) is 0 Å². The Kier molecular flexibility index (Phi) is 5.78. The van der Waals surface area contributed by atoms with E-state index in [0.717, 1.165) is 42.5 Å². The van der Waals surface area contributed by atoms with E-state index in [2.05, 4.69) is 60.6 Å². The van der Waals surface area contributed by atoms with Crippen LogP contribution in [-0.4, -0.2) is 22.3 Å². The van der Waals surface area contributed by atoms with Crippen LogP contribution in [0.3, 0.4) is 0 Å². The molecule has 2 N–H and O–H groups in total. The van der Waals surface area contributed by atoms with Crippen molar-refractivity contribution in [2.45, 2.75) is 53.4 Å². The van der Waals surface area contributed by atoms with Crippen LogP contribution in [0.4, 0.5) is 0 Å². The third-order valence-electron chi connectivity index (χ3n) is 5.71. The van der Waals surface area contributed by atoms with E-state index in [4.69, 9.17) is 0 Å². The van der Waals surface area contributed by atoms with Gasteiger partial charge in [-0.2, -0.15) is 10.2 Å². The third kappa shape index (κ3) is 4.85. The number of hydrogen-bond donors (Lipinski definition) is 2. The zero-order valence-corrected chi connectivity index (χ0v) is 16.7. The first-order valence-electron chi connectivity index (χ1n) is 9.78. The molecule has 1 aliphatic carbocycles. The van der Waals surface area contributed by atoms with Gasteiger partial charge in [0.15, 0.2) is 0 Å². The maximum absolute atomic E-state index is 12.4. The quantitative estimate of drug-likeness (QED) is 0.609. The molecular formula is C22H30N4O. The summed E-state index contributed by atoms with van der Waals surface area (Å²) >= 11 is 0. The van der Waals surface area contributed by atoms with Crippen molar-refractivity contribution in [3.63, 3.8) is 0 Å². The Morgan fingerprint density at radius 2 is 1.85 bits per heavy atom. The van der Waals surface area contributed by atoms with E-state index in [1.165, 1.54) is 5.56 Å². The molecule has 144 valence electrons. The number of rotatable bonds is 4. The van der Waals surface area contributed by atoms with Gasteiger partial charge in [0.05, 0.1) is 18.1 Å². The van der Waals surface area contributed by atoms with E-state index in [9.17, 15) is 4.79 Å². The van der Waals surface area contributed by atoms with E-state index in [1.54, 1.807) is 12.4 Å². The fourth-order valence-corrected chi connectivity index (χ4v) is 3.82. The summed E-state index contributed by atoms with van der Waals surface area (Å²) in [6.45, 7) is 8.93. The monoisotopic (exact) mass is 366 g/mol. The van der Waals surface area contributed by atoms with E-state index in [-0.39, 0.29) is 11.8 Å². The summed E-state index contributed by atoms with van der Waals surface area (Å²) in [5, 5.41) is 11.3. The topological polar surface area (TPSA) is 70.1 Å². The number of carbonyl (C=O) groups is 1. The second-order valence-electron chi connectivity index (χ2n) is 8.72. The molecule has 1 aliphatic rings. The standard InChI is InChI=1S/C22H30N4O/c1-15-5-7-16(8-6-15)20-18(13-23-25-20)14-24-26-21(27)17-9-11-19(12-10-17)22(2,3)4/h5-8,13-14,17,19H,9-12H2,1-4H3,(H,23,25)(H,26,27). The summed E-state index contributed by atoms with van der Waals surface area (Å²) in [5.41, 5.74) is 7.06. The normalized spacial score (nSPS) is 20.7. The molecule has 1 amide bonds. The van der Waals surface area contributed by atoms with Crippen LogP contribution in [0.5, 0.6) is 0 Å². The Morgan fingerprint density at radius 3 is 2.48 bits per heavy atom. The second-order valence-corrected chi connectivity index (χ2v) is 8.72. The molecule has 0 unspecified atom stereocenters. The minimum atomic E-state index is 0.0268. The van der Waals surface area contributed by atoms with Crippen molar-refractivity contribution in [2.75, 3.05) is 0 Å². The Balaban J connectivity index is 1.57. The van der Waals surface area contributed by atoms with E-state index < -0.39 is 0 Å². The first-order valence-corrected chi connectivity index (χ1v) is 9.78. The van der Waals surface area contributed by atoms with Crippen molar-refractivity contribution in [3.05, 3.63) is 41.6 Å². The zero-order chi connectivity index (χ0) is 19.4. The molecule has 5 heteroatoms. The molecule has 0 saturated heterocycles. The average molecular weight is 367 g/mol. The highest BCUT2D eigenvalue weighted by atomic mass is 16.2. The number of hydrogen-bond acceptors (Lipinski definition) is 3. The molecule has 0 atom stereocenters. The maximum atomic E-state index is 12.4. The van der Waals surface area contributed by atoms with Crippen molar-refractivity contribution < 1.29 is 4.79 Å². The lowest BCUT2D eigenvalue weighted by Gasteiger charge is -2.36. The summed E-state index contributed by atoms with van der Waals surface area (Å²) in [4.78, 5) is 12.4. The summed E-state index contributed by atoms with van der Waals surface area (Å²) < 4.78 is 0.